The third kappa shape index (κ3) is 1.69. The third-order valence-electron chi connectivity index (χ3n) is 2.44. The lowest BCUT2D eigenvalue weighted by molar-refractivity contribution is -0.118. The topological polar surface area (TPSA) is 26.3 Å². The second kappa shape index (κ2) is 3.66. The predicted octanol–water partition coefficient (Wildman–Crippen LogP) is 2.44. The normalized spacial score (nSPS) is 18.1. The second-order valence-electron chi connectivity index (χ2n) is 3.37. The molecule has 0 bridgehead atoms. The van der Waals surface area contributed by atoms with Gasteiger partial charge >= 0.3 is 0 Å². The van der Waals surface area contributed by atoms with Crippen LogP contribution in [0.15, 0.2) is 29.8 Å². The lowest BCUT2D eigenvalue weighted by Gasteiger charge is -2.14. The van der Waals surface area contributed by atoms with Gasteiger partial charge < -0.3 is 4.74 Å². The molecule has 14 heavy (non-hydrogen) atoms. The molecule has 1 aliphatic carbocycles. The number of ether oxygens (including phenoxy) is 1. The Morgan fingerprint density at radius 3 is 2.36 bits per heavy atom. The van der Waals surface area contributed by atoms with Gasteiger partial charge in [-0.15, -0.1) is 0 Å². The summed E-state index contributed by atoms with van der Waals surface area (Å²) in [5.41, 5.74) is 2.00. The minimum absolute atomic E-state index is 0.279. The highest BCUT2D eigenvalue weighted by Gasteiger charge is 2.19. The van der Waals surface area contributed by atoms with E-state index in [2.05, 4.69) is 0 Å². The van der Waals surface area contributed by atoms with Crippen molar-refractivity contribution in [1.82, 2.24) is 0 Å². The average Bonchev–Trinajstić information content (AvgIpc) is 2.24. The van der Waals surface area contributed by atoms with Gasteiger partial charge in [0.15, 0.2) is 5.78 Å². The van der Waals surface area contributed by atoms with Gasteiger partial charge in [-0.3, -0.25) is 4.79 Å². The van der Waals surface area contributed by atoms with Gasteiger partial charge in [-0.2, -0.15) is 0 Å². The quantitative estimate of drug-likeness (QED) is 0.666. The van der Waals surface area contributed by atoms with Crippen LogP contribution < -0.4 is 4.74 Å². The average molecular weight is 188 g/mol. The zero-order chi connectivity index (χ0) is 9.97. The van der Waals surface area contributed by atoms with Crippen LogP contribution in [0.4, 0.5) is 0 Å². The molecule has 0 aromatic heterocycles. The molecule has 1 aromatic rings. The smallest absolute Gasteiger partial charge is 0.159 e. The van der Waals surface area contributed by atoms with E-state index in [4.69, 9.17) is 4.74 Å². The molecule has 0 radical (unpaired) electrons. The fraction of sp³-hybridized carbons (Fsp3) is 0.250. The van der Waals surface area contributed by atoms with E-state index >= 15 is 0 Å². The predicted molar refractivity (Wildman–Crippen MR) is 55.2 cm³/mol. The zero-order valence-electron chi connectivity index (χ0n) is 8.12. The lowest BCUT2D eigenvalue weighted by Crippen LogP contribution is -2.13. The van der Waals surface area contributed by atoms with Gasteiger partial charge in [0.25, 0.3) is 0 Å². The Balaban J connectivity index is 2.17. The first-order valence-corrected chi connectivity index (χ1v) is 4.67. The molecule has 0 amide bonds. The highest BCUT2D eigenvalue weighted by atomic mass is 16.5. The summed E-state index contributed by atoms with van der Waals surface area (Å²) in [6.45, 7) is 0. The van der Waals surface area contributed by atoms with Gasteiger partial charge in [0, 0.05) is 6.42 Å². The van der Waals surface area contributed by atoms with E-state index in [9.17, 15) is 4.79 Å². The molecule has 72 valence electrons. The number of carbonyl (C=O) groups is 1. The maximum Gasteiger partial charge on any atom is 0.159 e. The van der Waals surface area contributed by atoms with Crippen LogP contribution in [0.1, 0.15) is 18.4 Å². The van der Waals surface area contributed by atoms with Crippen LogP contribution in [0, 0.1) is 0 Å². The van der Waals surface area contributed by atoms with Gasteiger partial charge in [-0.25, -0.2) is 0 Å². The maximum absolute atomic E-state index is 11.1. The zero-order valence-corrected chi connectivity index (χ0v) is 8.12. The highest BCUT2D eigenvalue weighted by Crippen LogP contribution is 2.24. The minimum Gasteiger partial charge on any atom is -0.497 e. The van der Waals surface area contributed by atoms with E-state index in [1.165, 1.54) is 0 Å². The molecular weight excluding hydrogens is 176 g/mol. The van der Waals surface area contributed by atoms with E-state index < -0.39 is 0 Å². The molecule has 0 atom stereocenters. The molecule has 1 fully saturated rings. The summed E-state index contributed by atoms with van der Waals surface area (Å²) in [6, 6.07) is 7.71. The van der Waals surface area contributed by atoms with Crippen molar-refractivity contribution in [3.63, 3.8) is 0 Å². The molecule has 2 heteroatoms. The molecule has 0 aliphatic heterocycles. The molecule has 0 N–H and O–H groups in total. The van der Waals surface area contributed by atoms with Crippen molar-refractivity contribution in [2.45, 2.75) is 12.8 Å². The molecule has 0 unspecified atom stereocenters. The van der Waals surface area contributed by atoms with Crippen molar-refractivity contribution in [2.24, 2.45) is 0 Å². The maximum atomic E-state index is 11.1. The van der Waals surface area contributed by atoms with Crippen LogP contribution >= 0.6 is 0 Å². The number of allylic oxidation sites excluding steroid dienone is 1. The molecule has 0 saturated heterocycles. The van der Waals surface area contributed by atoms with Crippen LogP contribution in [0.5, 0.6) is 5.75 Å². The van der Waals surface area contributed by atoms with Crippen LogP contribution in [-0.4, -0.2) is 12.9 Å². The Labute approximate surface area is 83.2 Å². The second-order valence-corrected chi connectivity index (χ2v) is 3.37. The molecule has 1 aliphatic rings. The van der Waals surface area contributed by atoms with Crippen LogP contribution in [0.2, 0.25) is 0 Å². The summed E-state index contributed by atoms with van der Waals surface area (Å²) < 4.78 is 5.05. The van der Waals surface area contributed by atoms with E-state index in [-0.39, 0.29) is 5.78 Å². The molecule has 0 heterocycles. The Bertz CT molecular complexity index is 374. The third-order valence-corrected chi connectivity index (χ3v) is 2.44. The number of carbonyl (C=O) groups excluding carboxylic acids is 1. The Morgan fingerprint density at radius 2 is 1.93 bits per heavy atom. The monoisotopic (exact) mass is 188 g/mol. The minimum atomic E-state index is 0.279. The summed E-state index contributed by atoms with van der Waals surface area (Å²) in [7, 11) is 1.64. The van der Waals surface area contributed by atoms with Crippen molar-refractivity contribution in [1.29, 1.82) is 0 Å². The first kappa shape index (κ1) is 9.00. The van der Waals surface area contributed by atoms with Gasteiger partial charge in [0.05, 0.1) is 7.11 Å². The number of rotatable bonds is 2. The summed E-state index contributed by atoms with van der Waals surface area (Å²) in [6.07, 6.45) is 3.58. The summed E-state index contributed by atoms with van der Waals surface area (Å²) in [5, 5.41) is 0. The van der Waals surface area contributed by atoms with Crippen LogP contribution in [0.25, 0.3) is 6.08 Å². The van der Waals surface area contributed by atoms with Crippen molar-refractivity contribution in [3.05, 3.63) is 35.4 Å². The first-order valence-electron chi connectivity index (χ1n) is 4.67. The fourth-order valence-corrected chi connectivity index (χ4v) is 1.43. The van der Waals surface area contributed by atoms with E-state index in [0.29, 0.717) is 6.42 Å². The number of Topliss-reactive ketones (excluding diaryl/α,β-unsaturated/α-hetero) is 1. The van der Waals surface area contributed by atoms with Crippen LogP contribution in [-0.2, 0) is 4.79 Å². The number of methoxy groups -OCH3 is 1. The highest BCUT2D eigenvalue weighted by molar-refractivity contribution is 6.05. The Hall–Kier alpha value is -1.57. The SMILES string of the molecule is COc1ccc(/C=C2\CCC2=O)cc1. The number of ketones is 1. The van der Waals surface area contributed by atoms with Crippen molar-refractivity contribution in [2.75, 3.05) is 7.11 Å². The van der Waals surface area contributed by atoms with Gasteiger partial charge in [-0.1, -0.05) is 12.1 Å². The number of benzene rings is 1. The largest absolute Gasteiger partial charge is 0.497 e. The molecule has 2 rings (SSSR count). The molecule has 2 nitrogen and oxygen atoms in total. The van der Waals surface area contributed by atoms with E-state index in [1.807, 2.05) is 30.3 Å². The Kier molecular flexibility index (Phi) is 2.35. The molecule has 1 saturated carbocycles. The molecule has 0 spiro atoms. The summed E-state index contributed by atoms with van der Waals surface area (Å²) >= 11 is 0. The van der Waals surface area contributed by atoms with Crippen molar-refractivity contribution < 1.29 is 9.53 Å². The van der Waals surface area contributed by atoms with E-state index in [1.54, 1.807) is 7.11 Å². The van der Waals surface area contributed by atoms with Crippen molar-refractivity contribution in [3.8, 4) is 5.75 Å². The summed E-state index contributed by atoms with van der Waals surface area (Å²) in [5.74, 6) is 1.12. The Morgan fingerprint density at radius 1 is 1.21 bits per heavy atom. The van der Waals surface area contributed by atoms with Gasteiger partial charge in [0.1, 0.15) is 5.75 Å². The fourth-order valence-electron chi connectivity index (χ4n) is 1.43. The first-order chi connectivity index (χ1) is 6.79. The molecular formula is C12H12O2. The van der Waals surface area contributed by atoms with Gasteiger partial charge in [0.2, 0.25) is 0 Å². The lowest BCUT2D eigenvalue weighted by atomic mass is 9.89. The summed E-state index contributed by atoms with van der Waals surface area (Å²) in [4.78, 5) is 11.1. The molecule has 1 aromatic carbocycles. The number of hydrogen-bond donors (Lipinski definition) is 0. The van der Waals surface area contributed by atoms with Gasteiger partial charge in [-0.05, 0) is 35.8 Å². The number of hydrogen-bond acceptors (Lipinski definition) is 2. The van der Waals surface area contributed by atoms with Crippen LogP contribution in [0.3, 0.4) is 0 Å². The van der Waals surface area contributed by atoms with Crippen molar-refractivity contribution >= 4 is 11.9 Å². The van der Waals surface area contributed by atoms with E-state index in [0.717, 1.165) is 23.3 Å². The standard InChI is InChI=1S/C12H12O2/c1-14-11-5-2-9(3-6-11)8-10-4-7-12(10)13/h2-3,5-6,8H,4,7H2,1H3/b10-8+.